The predicted molar refractivity (Wildman–Crippen MR) is 94.3 cm³/mol. The smallest absolute Gasteiger partial charge is 0.200 e. The first-order valence-corrected chi connectivity index (χ1v) is 9.90. The Kier molecular flexibility index (Phi) is 5.74. The zero-order chi connectivity index (χ0) is 19.8. The van der Waals surface area contributed by atoms with Gasteiger partial charge in [0.05, 0.1) is 6.61 Å². The third-order valence-electron chi connectivity index (χ3n) is 6.40. The van der Waals surface area contributed by atoms with E-state index in [1.165, 1.54) is 12.1 Å². The largest absolute Gasteiger partial charge is 0.491 e. The predicted octanol–water partition coefficient (Wildman–Crippen LogP) is 6.60. The van der Waals surface area contributed by atoms with E-state index in [1.807, 2.05) is 6.92 Å². The van der Waals surface area contributed by atoms with Gasteiger partial charge in [-0.2, -0.15) is 4.39 Å². The number of alkyl halides is 3. The summed E-state index contributed by atoms with van der Waals surface area (Å²) in [5.41, 5.74) is -4.69. The quantitative estimate of drug-likeness (QED) is 0.515. The van der Waals surface area contributed by atoms with Gasteiger partial charge in [0.1, 0.15) is 11.8 Å². The molecule has 0 spiro atoms. The lowest BCUT2D eigenvalue weighted by molar-refractivity contribution is -0.0565. The molecule has 5 atom stereocenters. The molecule has 2 fully saturated rings. The maximum absolute atomic E-state index is 15.5. The monoisotopic (exact) mass is 390 g/mol. The lowest BCUT2D eigenvalue weighted by Gasteiger charge is -2.32. The second kappa shape index (κ2) is 7.59. The van der Waals surface area contributed by atoms with Crippen LogP contribution in [0.25, 0.3) is 0 Å². The minimum Gasteiger partial charge on any atom is -0.491 e. The fourth-order valence-corrected chi connectivity index (χ4v) is 4.97. The first-order chi connectivity index (χ1) is 12.8. The average Bonchev–Trinajstić information content (AvgIpc) is 2.74. The Balaban J connectivity index is 1.84. The van der Waals surface area contributed by atoms with Crippen molar-refractivity contribution in [1.82, 2.24) is 0 Å². The van der Waals surface area contributed by atoms with E-state index >= 15 is 8.78 Å². The minimum absolute atomic E-state index is 0.0867. The van der Waals surface area contributed by atoms with E-state index in [-0.39, 0.29) is 50.0 Å². The van der Waals surface area contributed by atoms with E-state index in [0.717, 1.165) is 0 Å². The molecule has 0 radical (unpaired) electrons. The molecule has 2 aliphatic rings. The molecule has 0 aliphatic heterocycles. The molecule has 152 valence electrons. The van der Waals surface area contributed by atoms with E-state index in [9.17, 15) is 13.2 Å². The third kappa shape index (κ3) is 3.33. The zero-order valence-electron chi connectivity index (χ0n) is 15.8. The van der Waals surface area contributed by atoms with Crippen LogP contribution in [0.2, 0.25) is 0 Å². The zero-order valence-corrected chi connectivity index (χ0v) is 15.8. The van der Waals surface area contributed by atoms with Gasteiger partial charge in [-0.15, -0.1) is 0 Å². The number of benzene rings is 1. The van der Waals surface area contributed by atoms with Crippen molar-refractivity contribution in [2.24, 2.45) is 5.92 Å². The van der Waals surface area contributed by atoms with E-state index in [0.29, 0.717) is 12.8 Å². The van der Waals surface area contributed by atoms with E-state index in [2.05, 4.69) is 0 Å². The van der Waals surface area contributed by atoms with Crippen LogP contribution >= 0.6 is 0 Å². The van der Waals surface area contributed by atoms with Gasteiger partial charge < -0.3 is 4.74 Å². The topological polar surface area (TPSA) is 9.23 Å². The Hall–Kier alpha value is -1.33. The molecule has 27 heavy (non-hydrogen) atoms. The first kappa shape index (κ1) is 20.4. The van der Waals surface area contributed by atoms with E-state index in [4.69, 9.17) is 4.74 Å². The summed E-state index contributed by atoms with van der Waals surface area (Å²) in [6.45, 7) is 3.73. The number of halogens is 5. The van der Waals surface area contributed by atoms with Gasteiger partial charge in [0.15, 0.2) is 17.2 Å². The third-order valence-corrected chi connectivity index (χ3v) is 6.40. The van der Waals surface area contributed by atoms with Crippen LogP contribution in [0.1, 0.15) is 70.3 Å². The van der Waals surface area contributed by atoms with Crippen molar-refractivity contribution < 1.29 is 26.7 Å². The molecule has 0 bridgehead atoms. The molecular weight excluding hydrogens is 363 g/mol. The first-order valence-electron chi connectivity index (χ1n) is 9.90. The molecule has 2 aliphatic carbocycles. The fraction of sp³-hybridized carbons (Fsp3) is 0.714. The van der Waals surface area contributed by atoms with Crippen molar-refractivity contribution in [3.8, 4) is 5.75 Å². The highest BCUT2D eigenvalue weighted by molar-refractivity contribution is 5.33. The Labute approximate surface area is 157 Å². The molecule has 5 unspecified atom stereocenters. The van der Waals surface area contributed by atoms with Crippen LogP contribution < -0.4 is 4.74 Å². The van der Waals surface area contributed by atoms with Crippen molar-refractivity contribution in [2.75, 3.05) is 6.61 Å². The summed E-state index contributed by atoms with van der Waals surface area (Å²) in [7, 11) is 0. The number of rotatable bonds is 5. The second-order valence-corrected chi connectivity index (χ2v) is 7.97. The second-order valence-electron chi connectivity index (χ2n) is 7.97. The van der Waals surface area contributed by atoms with Crippen LogP contribution in [0.5, 0.6) is 5.75 Å². The summed E-state index contributed by atoms with van der Waals surface area (Å²) in [4.78, 5) is 0. The van der Waals surface area contributed by atoms with Gasteiger partial charge in [-0.25, -0.2) is 17.6 Å². The summed E-state index contributed by atoms with van der Waals surface area (Å²) < 4.78 is 79.4. The fourth-order valence-electron chi connectivity index (χ4n) is 4.97. The SMILES string of the molecule is CCCC1CC2(F)CCC(c3ccc(OCC)c(F)c3F)CCC2(F)C1F. The number of hydrogen-bond donors (Lipinski definition) is 0. The standard InChI is InChI=1S/C21H27F5O/c1-3-5-14-12-20(25)10-8-13(9-11-21(20,26)19(14)24)15-6-7-16(27-4-2)18(23)17(15)22/h6-7,13-14,19H,3-5,8-12H2,1-2H3. The molecule has 0 N–H and O–H groups in total. The Morgan fingerprint density at radius 1 is 1.07 bits per heavy atom. The molecule has 0 heterocycles. The van der Waals surface area contributed by atoms with E-state index in [1.54, 1.807) is 6.92 Å². The molecule has 6 heteroatoms. The summed E-state index contributed by atoms with van der Waals surface area (Å²) in [5.74, 6) is -3.46. The van der Waals surface area contributed by atoms with Gasteiger partial charge in [-0.05, 0) is 68.9 Å². The Morgan fingerprint density at radius 3 is 2.44 bits per heavy atom. The van der Waals surface area contributed by atoms with Crippen molar-refractivity contribution in [3.63, 3.8) is 0 Å². The van der Waals surface area contributed by atoms with Crippen LogP contribution in [-0.2, 0) is 0 Å². The van der Waals surface area contributed by atoms with Crippen LogP contribution in [0.3, 0.4) is 0 Å². The highest BCUT2D eigenvalue weighted by atomic mass is 19.2. The lowest BCUT2D eigenvalue weighted by atomic mass is 9.84. The Morgan fingerprint density at radius 2 is 1.78 bits per heavy atom. The van der Waals surface area contributed by atoms with Crippen LogP contribution in [0.4, 0.5) is 22.0 Å². The molecule has 3 rings (SSSR count). The lowest BCUT2D eigenvalue weighted by Crippen LogP contribution is -2.47. The molecule has 1 aromatic rings. The van der Waals surface area contributed by atoms with Crippen molar-refractivity contribution >= 4 is 0 Å². The highest BCUT2D eigenvalue weighted by Gasteiger charge is 2.66. The van der Waals surface area contributed by atoms with Crippen LogP contribution in [0.15, 0.2) is 12.1 Å². The normalized spacial score (nSPS) is 36.3. The maximum atomic E-state index is 15.5. The molecule has 0 amide bonds. The van der Waals surface area contributed by atoms with E-state index < -0.39 is 41.0 Å². The number of hydrogen-bond acceptors (Lipinski definition) is 1. The molecule has 1 aromatic carbocycles. The summed E-state index contributed by atoms with van der Waals surface area (Å²) >= 11 is 0. The van der Waals surface area contributed by atoms with Gasteiger partial charge >= 0.3 is 0 Å². The maximum Gasteiger partial charge on any atom is 0.200 e. The summed E-state index contributed by atoms with van der Waals surface area (Å²) in [6.07, 6.45) is -1.08. The van der Waals surface area contributed by atoms with Crippen molar-refractivity contribution in [1.29, 1.82) is 0 Å². The van der Waals surface area contributed by atoms with Crippen molar-refractivity contribution in [3.05, 3.63) is 29.3 Å². The van der Waals surface area contributed by atoms with Gasteiger partial charge in [0.2, 0.25) is 5.82 Å². The molecule has 0 saturated heterocycles. The number of fused-ring (bicyclic) bond motifs is 1. The summed E-state index contributed by atoms with van der Waals surface area (Å²) in [5, 5.41) is 0. The molecule has 2 saturated carbocycles. The van der Waals surface area contributed by atoms with Crippen molar-refractivity contribution in [2.45, 2.75) is 82.2 Å². The van der Waals surface area contributed by atoms with Gasteiger partial charge in [-0.3, -0.25) is 0 Å². The van der Waals surface area contributed by atoms with Gasteiger partial charge in [0.25, 0.3) is 0 Å². The summed E-state index contributed by atoms with van der Waals surface area (Å²) in [6, 6.07) is 2.76. The number of ether oxygens (including phenoxy) is 1. The van der Waals surface area contributed by atoms with Crippen LogP contribution in [-0.4, -0.2) is 24.1 Å². The molecule has 0 aromatic heterocycles. The van der Waals surface area contributed by atoms with Gasteiger partial charge in [0, 0.05) is 0 Å². The minimum atomic E-state index is -2.54. The Bertz CT molecular complexity index is 681. The molecule has 1 nitrogen and oxygen atoms in total. The average molecular weight is 390 g/mol. The van der Waals surface area contributed by atoms with Gasteiger partial charge in [-0.1, -0.05) is 19.4 Å². The highest BCUT2D eigenvalue weighted by Crippen LogP contribution is 2.58. The molecular formula is C21H27F5O. The van der Waals surface area contributed by atoms with Crippen LogP contribution in [0, 0.1) is 17.6 Å².